The van der Waals surface area contributed by atoms with Crippen LogP contribution in [0.4, 0.5) is 0 Å². The summed E-state index contributed by atoms with van der Waals surface area (Å²) in [5.41, 5.74) is 5.93. The van der Waals surface area contributed by atoms with E-state index in [9.17, 15) is 0 Å². The van der Waals surface area contributed by atoms with Crippen molar-refractivity contribution in [2.45, 2.75) is 12.8 Å². The van der Waals surface area contributed by atoms with Gasteiger partial charge in [-0.25, -0.2) is 0 Å². The zero-order chi connectivity index (χ0) is 19.0. The maximum atomic E-state index is 5.55. The number of aromatic nitrogens is 1. The van der Waals surface area contributed by atoms with Gasteiger partial charge in [0, 0.05) is 25.0 Å². The topological polar surface area (TPSA) is 50.1 Å². The molecule has 28 heavy (non-hydrogen) atoms. The van der Waals surface area contributed by atoms with Gasteiger partial charge in [-0.05, 0) is 47.8 Å². The van der Waals surface area contributed by atoms with Crippen molar-refractivity contribution in [3.63, 3.8) is 0 Å². The Morgan fingerprint density at radius 2 is 1.68 bits per heavy atom. The van der Waals surface area contributed by atoms with E-state index in [1.807, 2.05) is 30.5 Å². The molecule has 1 aliphatic heterocycles. The summed E-state index contributed by atoms with van der Waals surface area (Å²) in [5, 5.41) is 8.48. The van der Waals surface area contributed by atoms with Gasteiger partial charge in [0.2, 0.25) is 0 Å². The second-order valence-electron chi connectivity index (χ2n) is 6.80. The molecule has 0 unspecified atom stereocenters. The van der Waals surface area contributed by atoms with Crippen LogP contribution in [0.1, 0.15) is 24.1 Å². The highest BCUT2D eigenvalue weighted by Crippen LogP contribution is 2.35. The van der Waals surface area contributed by atoms with Crippen molar-refractivity contribution >= 4 is 18.5 Å². The zero-order valence-electron chi connectivity index (χ0n) is 15.9. The van der Waals surface area contributed by atoms with Gasteiger partial charge in [0.1, 0.15) is 0 Å². The molecule has 4 rings (SSSR count). The SMILES string of the molecule is C(=NN=Cc1ccccn1)C1=C(N2CCOCC2)C(=Cc2ccccc2)CC1. The lowest BCUT2D eigenvalue weighted by atomic mass is 10.1. The standard InChI is InChI=1S/C23H24N4O/c1-2-6-19(7-3-1)16-20-9-10-21(23(20)27-12-14-28-15-13-27)17-25-26-18-22-8-4-5-11-24-22/h1-8,11,16-18H,9-10,12-15H2. The number of allylic oxidation sites excluding steroid dienone is 2. The Hall–Kier alpha value is -3.05. The van der Waals surface area contributed by atoms with Gasteiger partial charge < -0.3 is 9.64 Å². The molecular weight excluding hydrogens is 348 g/mol. The van der Waals surface area contributed by atoms with Crippen LogP contribution in [0.25, 0.3) is 6.08 Å². The highest BCUT2D eigenvalue weighted by molar-refractivity contribution is 5.84. The van der Waals surface area contributed by atoms with E-state index < -0.39 is 0 Å². The number of hydrogen-bond acceptors (Lipinski definition) is 5. The fraction of sp³-hybridized carbons (Fsp3) is 0.261. The molecule has 0 saturated carbocycles. The molecule has 0 spiro atoms. The van der Waals surface area contributed by atoms with E-state index >= 15 is 0 Å². The fourth-order valence-corrected chi connectivity index (χ4v) is 3.57. The van der Waals surface area contributed by atoms with Crippen molar-refractivity contribution < 1.29 is 4.74 Å². The monoisotopic (exact) mass is 372 g/mol. The summed E-state index contributed by atoms with van der Waals surface area (Å²) < 4.78 is 5.55. The van der Waals surface area contributed by atoms with Crippen molar-refractivity contribution in [3.8, 4) is 0 Å². The first kappa shape index (κ1) is 18.3. The first-order chi connectivity index (χ1) is 13.9. The van der Waals surface area contributed by atoms with Crippen LogP contribution in [0.3, 0.4) is 0 Å². The van der Waals surface area contributed by atoms with Crippen LogP contribution in [-0.2, 0) is 4.74 Å². The Kier molecular flexibility index (Phi) is 6.05. The highest BCUT2D eigenvalue weighted by Gasteiger charge is 2.25. The van der Waals surface area contributed by atoms with Crippen molar-refractivity contribution in [1.82, 2.24) is 9.88 Å². The van der Waals surface area contributed by atoms with Crippen molar-refractivity contribution in [3.05, 3.63) is 82.8 Å². The van der Waals surface area contributed by atoms with Gasteiger partial charge in [0.15, 0.2) is 0 Å². The van der Waals surface area contributed by atoms with Crippen LogP contribution in [0.5, 0.6) is 0 Å². The smallest absolute Gasteiger partial charge is 0.0831 e. The minimum Gasteiger partial charge on any atom is -0.378 e. The summed E-state index contributed by atoms with van der Waals surface area (Å²) in [6, 6.07) is 16.2. The molecule has 1 saturated heterocycles. The lowest BCUT2D eigenvalue weighted by Crippen LogP contribution is -2.36. The molecule has 1 aliphatic carbocycles. The maximum Gasteiger partial charge on any atom is 0.0831 e. The molecule has 2 aromatic rings. The van der Waals surface area contributed by atoms with E-state index in [1.54, 1.807) is 12.4 Å². The minimum absolute atomic E-state index is 0.768. The molecule has 0 radical (unpaired) electrons. The normalized spacial score (nSPS) is 19.4. The molecule has 1 fully saturated rings. The van der Waals surface area contributed by atoms with Crippen LogP contribution in [0.2, 0.25) is 0 Å². The van der Waals surface area contributed by atoms with Gasteiger partial charge in [-0.15, -0.1) is 0 Å². The second-order valence-corrected chi connectivity index (χ2v) is 6.80. The maximum absolute atomic E-state index is 5.55. The summed E-state index contributed by atoms with van der Waals surface area (Å²) in [5.74, 6) is 0. The van der Waals surface area contributed by atoms with Crippen molar-refractivity contribution in [2.24, 2.45) is 10.2 Å². The van der Waals surface area contributed by atoms with Crippen LogP contribution < -0.4 is 0 Å². The van der Waals surface area contributed by atoms with Gasteiger partial charge in [-0.1, -0.05) is 36.4 Å². The molecule has 1 aromatic carbocycles. The van der Waals surface area contributed by atoms with Gasteiger partial charge in [-0.2, -0.15) is 10.2 Å². The van der Waals surface area contributed by atoms with Crippen molar-refractivity contribution in [2.75, 3.05) is 26.3 Å². The van der Waals surface area contributed by atoms with Gasteiger partial charge in [0.25, 0.3) is 0 Å². The number of benzene rings is 1. The average Bonchev–Trinajstić information content (AvgIpc) is 3.15. The summed E-state index contributed by atoms with van der Waals surface area (Å²) >= 11 is 0. The molecule has 2 heterocycles. The molecule has 0 N–H and O–H groups in total. The minimum atomic E-state index is 0.768. The Morgan fingerprint density at radius 3 is 2.46 bits per heavy atom. The Balaban J connectivity index is 1.59. The summed E-state index contributed by atoms with van der Waals surface area (Å²) in [7, 11) is 0. The quantitative estimate of drug-likeness (QED) is 0.590. The van der Waals surface area contributed by atoms with E-state index in [2.05, 4.69) is 50.4 Å². The molecule has 1 aromatic heterocycles. The van der Waals surface area contributed by atoms with Gasteiger partial charge in [-0.3, -0.25) is 4.98 Å². The number of ether oxygens (including phenoxy) is 1. The largest absolute Gasteiger partial charge is 0.378 e. The lowest BCUT2D eigenvalue weighted by molar-refractivity contribution is 0.0548. The zero-order valence-corrected chi connectivity index (χ0v) is 15.9. The Morgan fingerprint density at radius 1 is 0.893 bits per heavy atom. The van der Waals surface area contributed by atoms with Gasteiger partial charge >= 0.3 is 0 Å². The number of nitrogens with zero attached hydrogens (tertiary/aromatic N) is 4. The number of morpholine rings is 1. The molecule has 0 atom stereocenters. The number of rotatable bonds is 5. The summed E-state index contributed by atoms with van der Waals surface area (Å²) in [4.78, 5) is 6.65. The van der Waals surface area contributed by atoms with E-state index in [-0.39, 0.29) is 0 Å². The molecule has 0 bridgehead atoms. The van der Waals surface area contributed by atoms with Gasteiger partial charge in [0.05, 0.1) is 31.3 Å². The van der Waals surface area contributed by atoms with Crippen molar-refractivity contribution in [1.29, 1.82) is 0 Å². The fourth-order valence-electron chi connectivity index (χ4n) is 3.57. The predicted molar refractivity (Wildman–Crippen MR) is 113 cm³/mol. The first-order valence-electron chi connectivity index (χ1n) is 9.69. The first-order valence-corrected chi connectivity index (χ1v) is 9.69. The molecular formula is C23H24N4O. The third-order valence-corrected chi connectivity index (χ3v) is 4.90. The lowest BCUT2D eigenvalue weighted by Gasteiger charge is -2.31. The third-order valence-electron chi connectivity index (χ3n) is 4.90. The molecule has 5 nitrogen and oxygen atoms in total. The van der Waals surface area contributed by atoms with E-state index in [4.69, 9.17) is 4.74 Å². The molecule has 5 heteroatoms. The summed E-state index contributed by atoms with van der Waals surface area (Å²) in [6.45, 7) is 3.36. The Labute approximate surface area is 165 Å². The summed E-state index contributed by atoms with van der Waals surface area (Å²) in [6.07, 6.45) is 9.63. The van der Waals surface area contributed by atoms with E-state index in [0.717, 1.165) is 44.8 Å². The average molecular weight is 372 g/mol. The molecule has 0 amide bonds. The predicted octanol–water partition coefficient (Wildman–Crippen LogP) is 3.95. The second kappa shape index (κ2) is 9.24. The van der Waals surface area contributed by atoms with Crippen LogP contribution in [-0.4, -0.2) is 48.6 Å². The number of pyridine rings is 1. The van der Waals surface area contributed by atoms with E-state index in [1.165, 1.54) is 22.4 Å². The van der Waals surface area contributed by atoms with E-state index in [0.29, 0.717) is 0 Å². The van der Waals surface area contributed by atoms with Crippen LogP contribution in [0.15, 0.2) is 81.8 Å². The van der Waals surface area contributed by atoms with Crippen LogP contribution in [0, 0.1) is 0 Å². The number of hydrogen-bond donors (Lipinski definition) is 0. The molecule has 2 aliphatic rings. The van der Waals surface area contributed by atoms with Crippen LogP contribution >= 0.6 is 0 Å². The Bertz CT molecular complexity index is 895. The highest BCUT2D eigenvalue weighted by atomic mass is 16.5. The molecule has 142 valence electrons. The third kappa shape index (κ3) is 4.61.